The van der Waals surface area contributed by atoms with E-state index in [1.165, 1.54) is 22.7 Å². The summed E-state index contributed by atoms with van der Waals surface area (Å²) < 4.78 is 2.28. The van der Waals surface area contributed by atoms with E-state index in [1.807, 2.05) is 13.0 Å². The van der Waals surface area contributed by atoms with Crippen LogP contribution in [0.15, 0.2) is 95.8 Å². The first kappa shape index (κ1) is 19.4. The van der Waals surface area contributed by atoms with Gasteiger partial charge in [-0.1, -0.05) is 54.6 Å². The molecule has 0 unspecified atom stereocenters. The number of rotatable bonds is 6. The van der Waals surface area contributed by atoms with Crippen molar-refractivity contribution in [2.24, 2.45) is 10.7 Å². The number of hydrogen-bond donors (Lipinski definition) is 1. The van der Waals surface area contributed by atoms with Crippen LogP contribution in [0.2, 0.25) is 0 Å². The molecule has 0 saturated carbocycles. The molecule has 2 N–H and O–H groups in total. The first-order chi connectivity index (χ1) is 13.5. The highest BCUT2D eigenvalue weighted by atomic mass is 14.9. The van der Waals surface area contributed by atoms with Crippen LogP contribution in [0.4, 0.5) is 0 Å². The second kappa shape index (κ2) is 8.57. The van der Waals surface area contributed by atoms with E-state index >= 15 is 0 Å². The maximum Gasteiger partial charge on any atom is 0.131 e. The molecular formula is C25H27N3. The van der Waals surface area contributed by atoms with E-state index in [-0.39, 0.29) is 0 Å². The fourth-order valence-corrected chi connectivity index (χ4v) is 3.57. The number of allylic oxidation sites excluding steroid dienone is 2. The molecule has 3 heteroatoms. The van der Waals surface area contributed by atoms with Gasteiger partial charge in [0, 0.05) is 35.4 Å². The van der Waals surface area contributed by atoms with Crippen molar-refractivity contribution in [2.45, 2.75) is 27.3 Å². The van der Waals surface area contributed by atoms with Crippen molar-refractivity contribution in [3.05, 3.63) is 102 Å². The Morgan fingerprint density at radius 1 is 1.11 bits per heavy atom. The number of fused-ring (bicyclic) bond motifs is 1. The van der Waals surface area contributed by atoms with Crippen molar-refractivity contribution in [1.82, 2.24) is 4.57 Å². The molecule has 0 amide bonds. The van der Waals surface area contributed by atoms with E-state index in [2.05, 4.69) is 90.8 Å². The van der Waals surface area contributed by atoms with Gasteiger partial charge in [0.2, 0.25) is 0 Å². The summed E-state index contributed by atoms with van der Waals surface area (Å²) in [6.45, 7) is 10.7. The fourth-order valence-electron chi connectivity index (χ4n) is 3.57. The van der Waals surface area contributed by atoms with Crippen LogP contribution in [0.25, 0.3) is 16.5 Å². The molecule has 0 atom stereocenters. The summed E-state index contributed by atoms with van der Waals surface area (Å²) in [7, 11) is 0. The monoisotopic (exact) mass is 369 g/mol. The zero-order valence-electron chi connectivity index (χ0n) is 16.8. The van der Waals surface area contributed by atoms with Crippen molar-refractivity contribution in [3.8, 4) is 0 Å². The third-order valence-corrected chi connectivity index (χ3v) is 4.82. The quantitative estimate of drug-likeness (QED) is 0.327. The van der Waals surface area contributed by atoms with E-state index < -0.39 is 0 Å². The molecule has 0 radical (unpaired) electrons. The lowest BCUT2D eigenvalue weighted by Gasteiger charge is -2.15. The molecule has 142 valence electrons. The topological polar surface area (TPSA) is 43.3 Å². The Balaban J connectivity index is 2.01. The van der Waals surface area contributed by atoms with E-state index in [4.69, 9.17) is 5.73 Å². The van der Waals surface area contributed by atoms with Gasteiger partial charge in [-0.2, -0.15) is 0 Å². The zero-order chi connectivity index (χ0) is 20.1. The van der Waals surface area contributed by atoms with Gasteiger partial charge in [-0.25, -0.2) is 4.99 Å². The lowest BCUT2D eigenvalue weighted by molar-refractivity contribution is 0.837. The number of hydrogen-bond acceptors (Lipinski definition) is 1. The summed E-state index contributed by atoms with van der Waals surface area (Å²) in [5, 5.41) is 1.21. The van der Waals surface area contributed by atoms with Gasteiger partial charge in [0.25, 0.3) is 0 Å². The molecule has 3 nitrogen and oxygen atoms in total. The highest BCUT2D eigenvalue weighted by Crippen LogP contribution is 2.29. The van der Waals surface area contributed by atoms with Crippen molar-refractivity contribution in [2.75, 3.05) is 0 Å². The van der Waals surface area contributed by atoms with Gasteiger partial charge in [0.15, 0.2) is 0 Å². The highest BCUT2D eigenvalue weighted by Gasteiger charge is 2.14. The fraction of sp³-hybridized carbons (Fsp3) is 0.160. The van der Waals surface area contributed by atoms with Crippen LogP contribution in [0.1, 0.15) is 31.9 Å². The summed E-state index contributed by atoms with van der Waals surface area (Å²) in [4.78, 5) is 4.21. The van der Waals surface area contributed by atoms with Gasteiger partial charge in [0.05, 0.1) is 0 Å². The maximum atomic E-state index is 6.22. The molecule has 0 fully saturated rings. The lowest BCUT2D eigenvalue weighted by Crippen LogP contribution is -2.17. The van der Waals surface area contributed by atoms with Gasteiger partial charge in [0.1, 0.15) is 5.84 Å². The molecule has 2 aromatic carbocycles. The van der Waals surface area contributed by atoms with Crippen molar-refractivity contribution in [3.63, 3.8) is 0 Å². The molecule has 28 heavy (non-hydrogen) atoms. The predicted octanol–water partition coefficient (Wildman–Crippen LogP) is 5.93. The molecule has 0 saturated heterocycles. The van der Waals surface area contributed by atoms with Crippen LogP contribution in [-0.4, -0.2) is 10.4 Å². The van der Waals surface area contributed by atoms with Crippen molar-refractivity contribution >= 4 is 22.3 Å². The summed E-state index contributed by atoms with van der Waals surface area (Å²) in [5.41, 5.74) is 13.0. The van der Waals surface area contributed by atoms with Gasteiger partial charge in [-0.05, 0) is 55.7 Å². The Bertz CT molecular complexity index is 1080. The van der Waals surface area contributed by atoms with Gasteiger partial charge in [-0.15, -0.1) is 0 Å². The Morgan fingerprint density at radius 3 is 2.50 bits per heavy atom. The van der Waals surface area contributed by atoms with Crippen molar-refractivity contribution < 1.29 is 0 Å². The molecule has 3 aromatic rings. The predicted molar refractivity (Wildman–Crippen MR) is 121 cm³/mol. The van der Waals surface area contributed by atoms with Gasteiger partial charge < -0.3 is 10.3 Å². The summed E-state index contributed by atoms with van der Waals surface area (Å²) in [5.74, 6) is 0.491. The number of aliphatic imine (C=N–C) groups is 1. The number of nitrogens with two attached hydrogens (primary N) is 1. The summed E-state index contributed by atoms with van der Waals surface area (Å²) in [6.07, 6.45) is 5.72. The largest absolute Gasteiger partial charge is 0.383 e. The number of amidine groups is 1. The molecule has 0 aliphatic carbocycles. The minimum atomic E-state index is 0.491. The molecule has 1 heterocycles. The Hall–Kier alpha value is -3.33. The SMILES string of the molecule is C=CN=C(N)C(=C(C)C)/C(=C\C)c1ccc2c(ccn2Cc2ccccc2)c1. The average molecular weight is 370 g/mol. The molecule has 1 aromatic heterocycles. The van der Waals surface area contributed by atoms with Crippen LogP contribution in [0.3, 0.4) is 0 Å². The third-order valence-electron chi connectivity index (χ3n) is 4.82. The van der Waals surface area contributed by atoms with E-state index in [1.54, 1.807) is 0 Å². The van der Waals surface area contributed by atoms with E-state index in [9.17, 15) is 0 Å². The summed E-state index contributed by atoms with van der Waals surface area (Å²) in [6, 6.07) is 19.2. The first-order valence-electron chi connectivity index (χ1n) is 9.47. The Kier molecular flexibility index (Phi) is 5.95. The average Bonchev–Trinajstić information content (AvgIpc) is 3.08. The smallest absolute Gasteiger partial charge is 0.131 e. The number of nitrogens with zero attached hydrogens (tertiary/aromatic N) is 2. The van der Waals surface area contributed by atoms with Crippen LogP contribution >= 0.6 is 0 Å². The van der Waals surface area contributed by atoms with Gasteiger partial charge in [-0.3, -0.25) is 0 Å². The molecule has 0 bridgehead atoms. The lowest BCUT2D eigenvalue weighted by atomic mass is 9.93. The minimum absolute atomic E-state index is 0.491. The normalized spacial score (nSPS) is 12.2. The third kappa shape index (κ3) is 3.99. The molecule has 0 aliphatic rings. The zero-order valence-corrected chi connectivity index (χ0v) is 16.8. The Morgan fingerprint density at radius 2 is 1.86 bits per heavy atom. The van der Waals surface area contributed by atoms with E-state index in [0.29, 0.717) is 5.84 Å². The number of aromatic nitrogens is 1. The van der Waals surface area contributed by atoms with E-state index in [0.717, 1.165) is 28.8 Å². The molecule has 0 aliphatic heterocycles. The van der Waals surface area contributed by atoms with Crippen LogP contribution in [0.5, 0.6) is 0 Å². The number of benzene rings is 2. The second-order valence-electron chi connectivity index (χ2n) is 6.98. The van der Waals surface area contributed by atoms with Crippen LogP contribution in [0, 0.1) is 0 Å². The standard InChI is InChI=1S/C25H27N3/c1-5-22(24(18(3)4)25(26)27-6-2)20-12-13-23-21(16-20)14-15-28(23)17-19-10-8-7-9-11-19/h5-16H,2,17H2,1,3-4H3,(H2,26,27)/b22-5-. The molecule has 3 rings (SSSR count). The van der Waals surface area contributed by atoms with Crippen LogP contribution in [-0.2, 0) is 6.54 Å². The Labute approximate surface area is 167 Å². The van der Waals surface area contributed by atoms with Gasteiger partial charge >= 0.3 is 0 Å². The van der Waals surface area contributed by atoms with Crippen molar-refractivity contribution in [1.29, 1.82) is 0 Å². The maximum absolute atomic E-state index is 6.22. The second-order valence-corrected chi connectivity index (χ2v) is 6.98. The minimum Gasteiger partial charge on any atom is -0.383 e. The highest BCUT2D eigenvalue weighted by molar-refractivity contribution is 6.12. The molecular weight excluding hydrogens is 342 g/mol. The molecule has 0 spiro atoms. The van der Waals surface area contributed by atoms with Crippen LogP contribution < -0.4 is 5.73 Å². The first-order valence-corrected chi connectivity index (χ1v) is 9.47. The summed E-state index contributed by atoms with van der Waals surface area (Å²) >= 11 is 0.